The number of nitro benzene ring substituents is 1. The summed E-state index contributed by atoms with van der Waals surface area (Å²) in [6.07, 6.45) is -5.45. The average Bonchev–Trinajstić information content (AvgIpc) is 3.39. The Kier molecular flexibility index (Phi) is 9.99. The third-order valence-corrected chi connectivity index (χ3v) is 8.77. The zero-order valence-corrected chi connectivity index (χ0v) is 26.0. The van der Waals surface area contributed by atoms with Crippen LogP contribution in [0.1, 0.15) is 38.7 Å². The molecule has 0 saturated carbocycles. The number of nitrogens with one attached hydrogen (secondary N) is 1. The molecule has 3 heterocycles. The fourth-order valence-corrected chi connectivity index (χ4v) is 6.43. The molecule has 22 heteroatoms. The second-order valence-corrected chi connectivity index (χ2v) is 13.8. The van der Waals surface area contributed by atoms with Gasteiger partial charge in [-0.1, -0.05) is 37.9 Å². The lowest BCUT2D eigenvalue weighted by molar-refractivity contribution is -0.746. The van der Waals surface area contributed by atoms with Crippen molar-refractivity contribution in [2.24, 2.45) is 12.5 Å². The van der Waals surface area contributed by atoms with Crippen LogP contribution in [0.3, 0.4) is 0 Å². The van der Waals surface area contributed by atoms with Crippen molar-refractivity contribution in [2.75, 3.05) is 19.1 Å². The second-order valence-electron chi connectivity index (χ2n) is 11.1. The number of rotatable bonds is 12. The molecular formula is C23H31N6O14P2-. The summed E-state index contributed by atoms with van der Waals surface area (Å²) in [5, 5.41) is 22.8. The molecule has 4 rings (SSSR count). The molecule has 1 aliphatic rings. The number of aliphatic hydroxyl groups is 1. The highest BCUT2D eigenvalue weighted by atomic mass is 31.3. The average molecular weight is 677 g/mol. The van der Waals surface area contributed by atoms with Crippen LogP contribution >= 0.6 is 15.6 Å². The van der Waals surface area contributed by atoms with Gasteiger partial charge in [0.05, 0.1) is 30.2 Å². The number of phosphoric ester groups is 1. The molecule has 0 spiro atoms. The summed E-state index contributed by atoms with van der Waals surface area (Å²) in [5.41, 5.74) is 4.55. The van der Waals surface area contributed by atoms with Crippen molar-refractivity contribution in [2.45, 2.75) is 51.4 Å². The first-order valence-electron chi connectivity index (χ1n) is 13.1. The van der Waals surface area contributed by atoms with Crippen molar-refractivity contribution in [3.05, 3.63) is 56.6 Å². The van der Waals surface area contributed by atoms with Gasteiger partial charge in [-0.25, -0.2) is 8.88 Å². The van der Waals surface area contributed by atoms with Crippen molar-refractivity contribution in [3.63, 3.8) is 0 Å². The van der Waals surface area contributed by atoms with Crippen LogP contribution in [-0.4, -0.2) is 61.2 Å². The number of hydrogen-bond donors (Lipinski definition) is 4. The predicted octanol–water partition coefficient (Wildman–Crippen LogP) is -0.593. The Bertz CT molecular complexity index is 1720. The molecule has 20 nitrogen and oxygen atoms in total. The van der Waals surface area contributed by atoms with Crippen LogP contribution in [0, 0.1) is 15.5 Å². The number of ether oxygens (including phenoxy) is 3. The first-order chi connectivity index (χ1) is 20.8. The molecule has 4 unspecified atom stereocenters. The largest absolute Gasteiger partial charge is 0.756 e. The van der Waals surface area contributed by atoms with E-state index in [1.54, 1.807) is 26.8 Å². The minimum atomic E-state index is -5.74. The Morgan fingerprint density at radius 3 is 2.58 bits per heavy atom. The van der Waals surface area contributed by atoms with Crippen LogP contribution in [0.2, 0.25) is 0 Å². The fourth-order valence-electron chi connectivity index (χ4n) is 4.90. The Hall–Kier alpha value is -3.13. The number of nitrogens with two attached hydrogens (primary N) is 1. The third kappa shape index (κ3) is 8.00. The molecule has 7 atom stereocenters. The molecule has 2 aromatic heterocycles. The van der Waals surface area contributed by atoms with E-state index >= 15 is 0 Å². The van der Waals surface area contributed by atoms with Crippen molar-refractivity contribution < 1.29 is 61.5 Å². The van der Waals surface area contributed by atoms with Gasteiger partial charge < -0.3 is 44.3 Å². The first-order valence-corrected chi connectivity index (χ1v) is 16.0. The lowest BCUT2D eigenvalue weighted by atomic mass is 9.84. The highest BCUT2D eigenvalue weighted by molar-refractivity contribution is 7.59. The highest BCUT2D eigenvalue weighted by Gasteiger charge is 2.49. The number of aryl methyl sites for hydroxylation is 1. The molecule has 45 heavy (non-hydrogen) atoms. The maximum atomic E-state index is 12.6. The fraction of sp³-hybridized carbons (Fsp3) is 0.522. The number of anilines is 1. The molecular weight excluding hydrogens is 646 g/mol. The molecule has 0 amide bonds. The molecule has 1 saturated heterocycles. The van der Waals surface area contributed by atoms with Crippen LogP contribution in [-0.2, 0) is 39.2 Å². The van der Waals surface area contributed by atoms with Gasteiger partial charge in [-0.2, -0.15) is 0 Å². The van der Waals surface area contributed by atoms with E-state index in [0.29, 0.717) is 0 Å². The van der Waals surface area contributed by atoms with Crippen molar-refractivity contribution >= 4 is 38.4 Å². The van der Waals surface area contributed by atoms with Gasteiger partial charge in [0.2, 0.25) is 11.7 Å². The number of phosphoric acid groups is 2. The Labute approximate surface area is 254 Å². The van der Waals surface area contributed by atoms with E-state index in [0.717, 1.165) is 0 Å². The lowest BCUT2D eigenvalue weighted by Crippen LogP contribution is -2.47. The SMILES string of the molecule is Cn1c[n+]([C@@H]2O[C@H](COP(=O)([O-])OP(=O)([O-])O)C(O)[C@@H]2OCOC(c2ccccc2[N+](=O)[O-])C(C)(C)C)c2nc(N)[nH]c(=O)c21. The Morgan fingerprint density at radius 1 is 1.29 bits per heavy atom. The molecule has 1 aromatic carbocycles. The summed E-state index contributed by atoms with van der Waals surface area (Å²) >= 11 is 0. The Morgan fingerprint density at radius 2 is 1.96 bits per heavy atom. The summed E-state index contributed by atoms with van der Waals surface area (Å²) in [6, 6.07) is 5.98. The van der Waals surface area contributed by atoms with E-state index in [2.05, 4.69) is 18.8 Å². The number of nitro groups is 1. The third-order valence-electron chi connectivity index (χ3n) is 6.67. The summed E-state index contributed by atoms with van der Waals surface area (Å²) in [7, 11) is -9.85. The first kappa shape index (κ1) is 34.7. The molecule has 0 aliphatic carbocycles. The number of benzene rings is 1. The maximum Gasteiger partial charge on any atom is 0.313 e. The topological polar surface area (TPSA) is 291 Å². The molecule has 0 bridgehead atoms. The Balaban J connectivity index is 1.65. The van der Waals surface area contributed by atoms with Gasteiger partial charge in [0.15, 0.2) is 6.33 Å². The summed E-state index contributed by atoms with van der Waals surface area (Å²) in [4.78, 5) is 61.7. The number of imidazole rings is 1. The number of nitrogens with zero attached hydrogens (tertiary/aromatic N) is 4. The second kappa shape index (κ2) is 12.9. The van der Waals surface area contributed by atoms with Gasteiger partial charge in [0.25, 0.3) is 32.8 Å². The minimum Gasteiger partial charge on any atom is -0.756 e. The van der Waals surface area contributed by atoms with Crippen molar-refractivity contribution in [1.82, 2.24) is 14.5 Å². The normalized spacial score (nSPS) is 23.9. The number of para-hydroxylation sites is 1. The van der Waals surface area contributed by atoms with E-state index < -0.39 is 75.6 Å². The molecule has 248 valence electrons. The quantitative estimate of drug-likeness (QED) is 0.0612. The number of nitrogen functional groups attached to an aromatic ring is 1. The molecule has 1 aliphatic heterocycles. The van der Waals surface area contributed by atoms with E-state index in [-0.39, 0.29) is 28.4 Å². The van der Waals surface area contributed by atoms with Gasteiger partial charge in [0, 0.05) is 6.07 Å². The number of H-pyrrole nitrogens is 1. The van der Waals surface area contributed by atoms with Crippen LogP contribution in [0.5, 0.6) is 0 Å². The van der Waals surface area contributed by atoms with Gasteiger partial charge in [0.1, 0.15) is 25.1 Å². The number of aliphatic hydroxyl groups excluding tert-OH is 1. The van der Waals surface area contributed by atoms with Crippen molar-refractivity contribution in [1.29, 1.82) is 0 Å². The van der Waals surface area contributed by atoms with Gasteiger partial charge in [-0.3, -0.25) is 33.6 Å². The summed E-state index contributed by atoms with van der Waals surface area (Å²) in [5.74, 6) is -0.250. The number of hydrogen-bond acceptors (Lipinski definition) is 15. The highest BCUT2D eigenvalue weighted by Crippen LogP contribution is 2.52. The van der Waals surface area contributed by atoms with Gasteiger partial charge in [-0.15, -0.1) is 0 Å². The van der Waals surface area contributed by atoms with E-state index in [1.807, 2.05) is 0 Å². The van der Waals surface area contributed by atoms with Gasteiger partial charge >= 0.3 is 5.65 Å². The van der Waals surface area contributed by atoms with E-state index in [4.69, 9.17) is 24.8 Å². The zero-order chi connectivity index (χ0) is 33.5. The minimum absolute atomic E-state index is 0.00933. The van der Waals surface area contributed by atoms with E-state index in [9.17, 15) is 38.9 Å². The van der Waals surface area contributed by atoms with Crippen molar-refractivity contribution in [3.8, 4) is 0 Å². The standard InChI is InChI=1S/C23H32N6O14P2/c1-23(2,3)18(12-7-5-6-8-13(12)29(32)33)40-11-39-17-16(30)14(9-41-45(37,38)43-44(34,35)36)42-21(17)28-10-27(4)15-19(28)25-22(24)26-20(15)31/h5-8,10,14,16-18,21,30H,9,11H2,1-4H3,(H5-,24,25,26,31,34,35,36,37,38)/p-1/t14-,16?,17+,18?,21-/m1/s1. The molecule has 1 fully saturated rings. The number of aromatic amines is 1. The molecule has 5 N–H and O–H groups in total. The maximum absolute atomic E-state index is 12.6. The lowest BCUT2D eigenvalue weighted by Gasteiger charge is -2.31. The molecule has 0 radical (unpaired) electrons. The monoisotopic (exact) mass is 677 g/mol. The summed E-state index contributed by atoms with van der Waals surface area (Å²) < 4.78 is 51.2. The smallest absolute Gasteiger partial charge is 0.313 e. The number of fused-ring (bicyclic) bond motifs is 1. The number of aromatic nitrogens is 4. The predicted molar refractivity (Wildman–Crippen MR) is 146 cm³/mol. The molecule has 3 aromatic rings. The van der Waals surface area contributed by atoms with Crippen LogP contribution in [0.25, 0.3) is 11.2 Å². The van der Waals surface area contributed by atoms with Gasteiger partial charge in [-0.05, 0) is 11.5 Å². The van der Waals surface area contributed by atoms with Crippen LogP contribution in [0.4, 0.5) is 11.6 Å². The zero-order valence-electron chi connectivity index (χ0n) is 24.2. The summed E-state index contributed by atoms with van der Waals surface area (Å²) in [6.45, 7) is 3.79. The van der Waals surface area contributed by atoms with Crippen LogP contribution < -0.4 is 25.6 Å². The van der Waals surface area contributed by atoms with E-state index in [1.165, 1.54) is 40.7 Å². The van der Waals surface area contributed by atoms with Crippen LogP contribution in [0.15, 0.2) is 35.4 Å².